The van der Waals surface area contributed by atoms with Gasteiger partial charge in [-0.15, -0.1) is 0 Å². The minimum atomic E-state index is -0.700. The summed E-state index contributed by atoms with van der Waals surface area (Å²) < 4.78 is 15.3. The highest BCUT2D eigenvalue weighted by atomic mass is 16.5. The minimum absolute atomic E-state index is 0.252. The number of hydrogen-bond donors (Lipinski definition) is 0. The number of aromatic nitrogens is 2. The van der Waals surface area contributed by atoms with Gasteiger partial charge < -0.3 is 14.0 Å². The number of nitrogens with zero attached hydrogens (tertiary/aromatic N) is 2. The van der Waals surface area contributed by atoms with Gasteiger partial charge in [-0.2, -0.15) is 4.98 Å². The molecule has 0 saturated heterocycles. The van der Waals surface area contributed by atoms with Crippen molar-refractivity contribution in [3.63, 3.8) is 0 Å². The van der Waals surface area contributed by atoms with E-state index >= 15 is 0 Å². The number of methoxy groups -OCH3 is 1. The van der Waals surface area contributed by atoms with E-state index in [1.165, 1.54) is 0 Å². The van der Waals surface area contributed by atoms with Crippen molar-refractivity contribution in [3.8, 4) is 0 Å². The zero-order chi connectivity index (χ0) is 13.0. The van der Waals surface area contributed by atoms with E-state index < -0.39 is 5.41 Å². The molecule has 1 aliphatic rings. The second-order valence-corrected chi connectivity index (χ2v) is 4.41. The second kappa shape index (κ2) is 5.48. The molecule has 1 aliphatic carbocycles. The number of ether oxygens (including phenoxy) is 2. The maximum absolute atomic E-state index is 12.0. The SMILES string of the molecule is CCOC(=O)C1(c2nc(CCOC)no2)CCC1. The fraction of sp³-hybridized carbons (Fsp3) is 0.750. The largest absolute Gasteiger partial charge is 0.465 e. The number of carbonyl (C=O) groups excluding carboxylic acids is 1. The first kappa shape index (κ1) is 13.0. The smallest absolute Gasteiger partial charge is 0.321 e. The molecule has 0 bridgehead atoms. The van der Waals surface area contributed by atoms with E-state index in [4.69, 9.17) is 14.0 Å². The van der Waals surface area contributed by atoms with Gasteiger partial charge in [0.2, 0.25) is 5.89 Å². The van der Waals surface area contributed by atoms with Crippen LogP contribution in [0.4, 0.5) is 0 Å². The van der Waals surface area contributed by atoms with E-state index in [1.54, 1.807) is 14.0 Å². The Kier molecular flexibility index (Phi) is 3.96. The van der Waals surface area contributed by atoms with Gasteiger partial charge in [-0.1, -0.05) is 11.6 Å². The molecule has 0 aromatic carbocycles. The van der Waals surface area contributed by atoms with Gasteiger partial charge in [0.1, 0.15) is 5.41 Å². The van der Waals surface area contributed by atoms with Crippen molar-refractivity contribution in [3.05, 3.63) is 11.7 Å². The summed E-state index contributed by atoms with van der Waals surface area (Å²) in [6, 6.07) is 0. The third kappa shape index (κ3) is 2.25. The van der Waals surface area contributed by atoms with Crippen LogP contribution in [0.15, 0.2) is 4.52 Å². The van der Waals surface area contributed by atoms with Crippen molar-refractivity contribution in [2.75, 3.05) is 20.3 Å². The molecule has 0 unspecified atom stereocenters. The Morgan fingerprint density at radius 2 is 2.28 bits per heavy atom. The lowest BCUT2D eigenvalue weighted by Crippen LogP contribution is -2.44. The molecule has 0 N–H and O–H groups in total. The summed E-state index contributed by atoms with van der Waals surface area (Å²) in [5.74, 6) is 0.707. The summed E-state index contributed by atoms with van der Waals surface area (Å²) >= 11 is 0. The van der Waals surface area contributed by atoms with Gasteiger partial charge in [0.25, 0.3) is 0 Å². The van der Waals surface area contributed by atoms with Gasteiger partial charge >= 0.3 is 5.97 Å². The van der Waals surface area contributed by atoms with Crippen molar-refractivity contribution < 1.29 is 18.8 Å². The summed E-state index contributed by atoms with van der Waals surface area (Å²) in [7, 11) is 1.62. The summed E-state index contributed by atoms with van der Waals surface area (Å²) in [6.07, 6.45) is 3.00. The number of carbonyl (C=O) groups is 1. The summed E-state index contributed by atoms with van der Waals surface area (Å²) in [5, 5.41) is 3.87. The summed E-state index contributed by atoms with van der Waals surface area (Å²) in [4.78, 5) is 16.3. The molecule has 1 saturated carbocycles. The van der Waals surface area contributed by atoms with Gasteiger partial charge in [-0.25, -0.2) is 0 Å². The van der Waals surface area contributed by atoms with Gasteiger partial charge in [-0.3, -0.25) is 4.79 Å². The standard InChI is InChI=1S/C12H18N2O4/c1-3-17-11(15)12(6-4-7-12)10-13-9(14-18-10)5-8-16-2/h3-8H2,1-2H3. The van der Waals surface area contributed by atoms with Gasteiger partial charge in [-0.05, 0) is 19.8 Å². The molecule has 1 aromatic rings. The molecule has 0 radical (unpaired) electrons. The van der Waals surface area contributed by atoms with Crippen molar-refractivity contribution >= 4 is 5.97 Å². The molecule has 18 heavy (non-hydrogen) atoms. The molecule has 2 rings (SSSR count). The van der Waals surface area contributed by atoms with Crippen molar-refractivity contribution in [1.29, 1.82) is 0 Å². The zero-order valence-electron chi connectivity index (χ0n) is 10.8. The third-order valence-electron chi connectivity index (χ3n) is 3.28. The molecule has 1 heterocycles. The first-order valence-electron chi connectivity index (χ1n) is 6.22. The summed E-state index contributed by atoms with van der Waals surface area (Å²) in [6.45, 7) is 2.69. The lowest BCUT2D eigenvalue weighted by molar-refractivity contribution is -0.155. The molecule has 1 aromatic heterocycles. The van der Waals surface area contributed by atoms with E-state index in [-0.39, 0.29) is 5.97 Å². The Morgan fingerprint density at radius 1 is 1.50 bits per heavy atom. The Labute approximate surface area is 106 Å². The molecular weight excluding hydrogens is 236 g/mol. The van der Waals surface area contributed by atoms with Gasteiger partial charge in [0.05, 0.1) is 13.2 Å². The van der Waals surface area contributed by atoms with Crippen LogP contribution in [0.5, 0.6) is 0 Å². The topological polar surface area (TPSA) is 74.5 Å². The molecular formula is C12H18N2O4. The van der Waals surface area contributed by atoms with Crippen molar-refractivity contribution in [2.45, 2.75) is 38.0 Å². The van der Waals surface area contributed by atoms with Crippen LogP contribution in [0.1, 0.15) is 37.9 Å². The number of rotatable bonds is 6. The number of hydrogen-bond acceptors (Lipinski definition) is 6. The Bertz CT molecular complexity index is 412. The molecule has 6 nitrogen and oxygen atoms in total. The van der Waals surface area contributed by atoms with E-state index in [1.807, 2.05) is 0 Å². The fourth-order valence-corrected chi connectivity index (χ4v) is 2.05. The molecule has 100 valence electrons. The molecule has 0 amide bonds. The minimum Gasteiger partial charge on any atom is -0.465 e. The molecule has 0 spiro atoms. The van der Waals surface area contributed by atoms with Crippen LogP contribution >= 0.6 is 0 Å². The van der Waals surface area contributed by atoms with Crippen LogP contribution < -0.4 is 0 Å². The maximum Gasteiger partial charge on any atom is 0.321 e. The average Bonchev–Trinajstić information content (AvgIpc) is 2.74. The first-order chi connectivity index (χ1) is 8.73. The predicted molar refractivity (Wildman–Crippen MR) is 62.0 cm³/mol. The van der Waals surface area contributed by atoms with E-state index in [2.05, 4.69) is 10.1 Å². The highest BCUT2D eigenvalue weighted by molar-refractivity contribution is 5.82. The monoisotopic (exact) mass is 254 g/mol. The molecule has 0 aliphatic heterocycles. The fourth-order valence-electron chi connectivity index (χ4n) is 2.05. The molecule has 0 atom stereocenters. The van der Waals surface area contributed by atoms with Crippen LogP contribution in [0, 0.1) is 0 Å². The molecule has 1 fully saturated rings. The predicted octanol–water partition coefficient (Wildman–Crippen LogP) is 1.24. The van der Waals surface area contributed by atoms with E-state index in [0.717, 1.165) is 19.3 Å². The lowest BCUT2D eigenvalue weighted by Gasteiger charge is -2.35. The highest BCUT2D eigenvalue weighted by Crippen LogP contribution is 2.44. The van der Waals surface area contributed by atoms with Crippen LogP contribution in [-0.2, 0) is 26.1 Å². The van der Waals surface area contributed by atoms with Crippen LogP contribution in [0.2, 0.25) is 0 Å². The molecule has 6 heteroatoms. The first-order valence-corrected chi connectivity index (χ1v) is 6.22. The second-order valence-electron chi connectivity index (χ2n) is 4.41. The van der Waals surface area contributed by atoms with E-state index in [9.17, 15) is 4.79 Å². The van der Waals surface area contributed by atoms with Crippen molar-refractivity contribution in [1.82, 2.24) is 10.1 Å². The number of esters is 1. The van der Waals surface area contributed by atoms with Crippen LogP contribution in [0.3, 0.4) is 0 Å². The van der Waals surface area contributed by atoms with Crippen LogP contribution in [0.25, 0.3) is 0 Å². The van der Waals surface area contributed by atoms with E-state index in [0.29, 0.717) is 31.3 Å². The van der Waals surface area contributed by atoms with Crippen molar-refractivity contribution in [2.24, 2.45) is 0 Å². The third-order valence-corrected chi connectivity index (χ3v) is 3.28. The summed E-state index contributed by atoms with van der Waals surface area (Å²) in [5.41, 5.74) is -0.700. The van der Waals surface area contributed by atoms with Gasteiger partial charge in [0.15, 0.2) is 5.82 Å². The quantitative estimate of drug-likeness (QED) is 0.711. The highest BCUT2D eigenvalue weighted by Gasteiger charge is 2.51. The zero-order valence-corrected chi connectivity index (χ0v) is 10.8. The van der Waals surface area contributed by atoms with Gasteiger partial charge in [0, 0.05) is 13.5 Å². The maximum atomic E-state index is 12.0. The lowest BCUT2D eigenvalue weighted by atomic mass is 9.68. The average molecular weight is 254 g/mol. The Hall–Kier alpha value is -1.43. The van der Waals surface area contributed by atoms with Crippen LogP contribution in [-0.4, -0.2) is 36.4 Å². The Balaban J connectivity index is 2.12. The normalized spacial score (nSPS) is 17.2. The Morgan fingerprint density at radius 3 is 2.83 bits per heavy atom.